The van der Waals surface area contributed by atoms with E-state index >= 15 is 0 Å². The Balaban J connectivity index is 2.33. The first-order valence-corrected chi connectivity index (χ1v) is 7.58. The van der Waals surface area contributed by atoms with E-state index in [-0.39, 0.29) is 5.91 Å². The summed E-state index contributed by atoms with van der Waals surface area (Å²) in [6, 6.07) is 6.92. The van der Waals surface area contributed by atoms with Gasteiger partial charge in [0.2, 0.25) is 0 Å². The van der Waals surface area contributed by atoms with Crippen LogP contribution in [0.15, 0.2) is 41.0 Å². The van der Waals surface area contributed by atoms with Gasteiger partial charge in [-0.1, -0.05) is 42.3 Å². The molecule has 1 aromatic carbocycles. The molecule has 0 bridgehead atoms. The van der Waals surface area contributed by atoms with Crippen molar-refractivity contribution in [3.8, 4) is 0 Å². The molecule has 0 radical (unpaired) electrons. The maximum absolute atomic E-state index is 11.8. The molecule has 0 spiro atoms. The quantitative estimate of drug-likeness (QED) is 0.437. The van der Waals surface area contributed by atoms with E-state index in [1.807, 2.05) is 0 Å². The minimum atomic E-state index is -0.283. The molecule has 0 aromatic heterocycles. The average molecular weight is 307 g/mol. The normalized spacial score (nSPS) is 12.2. The molecule has 21 heavy (non-hydrogen) atoms. The summed E-state index contributed by atoms with van der Waals surface area (Å²) in [6.07, 6.45) is 7.05. The molecule has 0 saturated carbocycles. The molecule has 0 saturated heterocycles. The number of nitrogens with zero attached hydrogens (tertiary/aromatic N) is 1. The molecule has 0 heterocycles. The molecule has 114 valence electrons. The van der Waals surface area contributed by atoms with Crippen LogP contribution in [0.2, 0.25) is 5.02 Å². The van der Waals surface area contributed by atoms with E-state index in [1.165, 1.54) is 5.57 Å². The standard InChI is InChI=1S/C17H23ClN2O/c1-13(2)7-6-8-14(3)11-12-19-20-17(21)15-9-4-5-10-16(15)18/h4-5,7,9-10,12,14H,6,8,11H2,1-3H3,(H,20,21)/b19-12-/t14-/m0/s1. The van der Waals surface area contributed by atoms with Gasteiger partial charge in [-0.15, -0.1) is 0 Å². The fourth-order valence-corrected chi connectivity index (χ4v) is 2.04. The molecule has 0 aliphatic heterocycles. The number of carbonyl (C=O) groups excluding carboxylic acids is 1. The van der Waals surface area contributed by atoms with Crippen molar-refractivity contribution in [2.45, 2.75) is 40.0 Å². The number of amides is 1. The van der Waals surface area contributed by atoms with Crippen molar-refractivity contribution < 1.29 is 4.79 Å². The van der Waals surface area contributed by atoms with Gasteiger partial charge in [0.15, 0.2) is 0 Å². The van der Waals surface area contributed by atoms with Crippen LogP contribution in [-0.2, 0) is 0 Å². The van der Waals surface area contributed by atoms with E-state index in [0.29, 0.717) is 16.5 Å². The van der Waals surface area contributed by atoms with Crippen molar-refractivity contribution in [1.29, 1.82) is 0 Å². The van der Waals surface area contributed by atoms with Gasteiger partial charge in [-0.05, 0) is 51.2 Å². The van der Waals surface area contributed by atoms with Crippen molar-refractivity contribution >= 4 is 23.7 Å². The smallest absolute Gasteiger partial charge is 0.267 e. The van der Waals surface area contributed by atoms with Crippen molar-refractivity contribution in [3.63, 3.8) is 0 Å². The summed E-state index contributed by atoms with van der Waals surface area (Å²) >= 11 is 5.95. The number of carbonyl (C=O) groups is 1. The Morgan fingerprint density at radius 2 is 2.10 bits per heavy atom. The first-order valence-electron chi connectivity index (χ1n) is 7.20. The zero-order chi connectivity index (χ0) is 15.7. The zero-order valence-electron chi connectivity index (χ0n) is 12.9. The van der Waals surface area contributed by atoms with Gasteiger partial charge in [0.05, 0.1) is 10.6 Å². The van der Waals surface area contributed by atoms with Gasteiger partial charge >= 0.3 is 0 Å². The number of hydrazone groups is 1. The molecule has 0 fully saturated rings. The van der Waals surface area contributed by atoms with E-state index in [4.69, 9.17) is 11.6 Å². The fourth-order valence-electron chi connectivity index (χ4n) is 1.82. The Labute approximate surface area is 132 Å². The molecule has 4 heteroatoms. The van der Waals surface area contributed by atoms with Gasteiger partial charge in [-0.2, -0.15) is 5.10 Å². The molecule has 1 N–H and O–H groups in total. The minimum absolute atomic E-state index is 0.283. The predicted octanol–water partition coefficient (Wildman–Crippen LogP) is 4.83. The number of hydrogen-bond donors (Lipinski definition) is 1. The third-order valence-electron chi connectivity index (χ3n) is 3.10. The summed E-state index contributed by atoms with van der Waals surface area (Å²) in [7, 11) is 0. The number of rotatable bonds is 7. The predicted molar refractivity (Wildman–Crippen MR) is 89.9 cm³/mol. The highest BCUT2D eigenvalue weighted by Gasteiger charge is 2.07. The van der Waals surface area contributed by atoms with Gasteiger partial charge in [-0.3, -0.25) is 4.79 Å². The van der Waals surface area contributed by atoms with Crippen LogP contribution < -0.4 is 5.43 Å². The molecule has 3 nitrogen and oxygen atoms in total. The highest BCUT2D eigenvalue weighted by molar-refractivity contribution is 6.33. The Morgan fingerprint density at radius 3 is 2.76 bits per heavy atom. The van der Waals surface area contributed by atoms with Crippen LogP contribution in [-0.4, -0.2) is 12.1 Å². The summed E-state index contributed by atoms with van der Waals surface area (Å²) in [4.78, 5) is 11.8. The highest BCUT2D eigenvalue weighted by Crippen LogP contribution is 2.14. The number of hydrogen-bond acceptors (Lipinski definition) is 2. The second-order valence-electron chi connectivity index (χ2n) is 5.43. The van der Waals surface area contributed by atoms with Crippen molar-refractivity contribution in [2.75, 3.05) is 0 Å². The fraction of sp³-hybridized carbons (Fsp3) is 0.412. The highest BCUT2D eigenvalue weighted by atomic mass is 35.5. The van der Waals surface area contributed by atoms with Crippen LogP contribution in [0.5, 0.6) is 0 Å². The Hall–Kier alpha value is -1.61. The van der Waals surface area contributed by atoms with Crippen LogP contribution >= 0.6 is 11.6 Å². The summed E-state index contributed by atoms with van der Waals surface area (Å²) in [6.45, 7) is 6.40. The van der Waals surface area contributed by atoms with Crippen molar-refractivity contribution in [3.05, 3.63) is 46.5 Å². The zero-order valence-corrected chi connectivity index (χ0v) is 13.7. The van der Waals surface area contributed by atoms with E-state index in [9.17, 15) is 4.79 Å². The molecule has 1 aromatic rings. The van der Waals surface area contributed by atoms with Crippen LogP contribution in [0, 0.1) is 5.92 Å². The van der Waals surface area contributed by atoms with Gasteiger partial charge in [-0.25, -0.2) is 5.43 Å². The van der Waals surface area contributed by atoms with Crippen molar-refractivity contribution in [1.82, 2.24) is 5.43 Å². The van der Waals surface area contributed by atoms with E-state index in [0.717, 1.165) is 19.3 Å². The van der Waals surface area contributed by atoms with E-state index in [1.54, 1.807) is 30.5 Å². The lowest BCUT2D eigenvalue weighted by Gasteiger charge is -2.06. The van der Waals surface area contributed by atoms with Crippen LogP contribution in [0.4, 0.5) is 0 Å². The molecule has 1 amide bonds. The number of nitrogens with one attached hydrogen (secondary N) is 1. The second kappa shape index (κ2) is 9.35. The SMILES string of the molecule is CC(C)=CCC[C@H](C)C/C=N\NC(=O)c1ccccc1Cl. The summed E-state index contributed by atoms with van der Waals surface area (Å²) in [5.41, 5.74) is 4.29. The Kier molecular flexibility index (Phi) is 7.76. The molecular formula is C17H23ClN2O. The molecule has 0 unspecified atom stereocenters. The Morgan fingerprint density at radius 1 is 1.38 bits per heavy atom. The topological polar surface area (TPSA) is 41.5 Å². The first kappa shape index (κ1) is 17.4. The van der Waals surface area contributed by atoms with Crippen LogP contribution in [0.3, 0.4) is 0 Å². The van der Waals surface area contributed by atoms with Crippen LogP contribution in [0.1, 0.15) is 50.4 Å². The third-order valence-corrected chi connectivity index (χ3v) is 3.43. The maximum Gasteiger partial charge on any atom is 0.272 e. The second-order valence-corrected chi connectivity index (χ2v) is 5.84. The number of allylic oxidation sites excluding steroid dienone is 2. The lowest BCUT2D eigenvalue weighted by Crippen LogP contribution is -2.18. The Bertz CT molecular complexity index is 519. The monoisotopic (exact) mass is 306 g/mol. The summed E-state index contributed by atoms with van der Waals surface area (Å²) in [5.74, 6) is 0.260. The largest absolute Gasteiger partial charge is 0.272 e. The minimum Gasteiger partial charge on any atom is -0.267 e. The summed E-state index contributed by atoms with van der Waals surface area (Å²) < 4.78 is 0. The van der Waals surface area contributed by atoms with Crippen LogP contribution in [0.25, 0.3) is 0 Å². The van der Waals surface area contributed by atoms with E-state index < -0.39 is 0 Å². The van der Waals surface area contributed by atoms with Gasteiger partial charge in [0.25, 0.3) is 5.91 Å². The number of benzene rings is 1. The molecule has 1 atom stereocenters. The van der Waals surface area contributed by atoms with Gasteiger partial charge < -0.3 is 0 Å². The van der Waals surface area contributed by atoms with Gasteiger partial charge in [0.1, 0.15) is 0 Å². The van der Waals surface area contributed by atoms with Crippen molar-refractivity contribution in [2.24, 2.45) is 11.0 Å². The first-order chi connectivity index (χ1) is 10.0. The maximum atomic E-state index is 11.8. The average Bonchev–Trinajstić information content (AvgIpc) is 2.43. The number of halogens is 1. The molecular weight excluding hydrogens is 284 g/mol. The molecule has 0 aliphatic carbocycles. The molecule has 0 aliphatic rings. The third kappa shape index (κ3) is 7.09. The lowest BCUT2D eigenvalue weighted by molar-refractivity contribution is 0.0955. The van der Waals surface area contributed by atoms with Gasteiger partial charge in [0, 0.05) is 6.21 Å². The lowest BCUT2D eigenvalue weighted by atomic mass is 10.0. The van der Waals surface area contributed by atoms with E-state index in [2.05, 4.69) is 37.4 Å². The summed E-state index contributed by atoms with van der Waals surface area (Å²) in [5, 5.41) is 4.40. The molecule has 1 rings (SSSR count).